The number of carbonyl (C=O) groups excluding carboxylic acids is 1. The second-order valence-electron chi connectivity index (χ2n) is 7.45. The van der Waals surface area contributed by atoms with Crippen molar-refractivity contribution in [3.8, 4) is 11.5 Å². The highest BCUT2D eigenvalue weighted by Gasteiger charge is 2.29. The zero-order valence-corrected chi connectivity index (χ0v) is 18.8. The first-order valence-corrected chi connectivity index (χ1v) is 11.7. The van der Waals surface area contributed by atoms with Crippen LogP contribution < -0.4 is 14.4 Å². The van der Waals surface area contributed by atoms with Crippen LogP contribution in [0, 0.1) is 13.8 Å². The maximum atomic E-state index is 12.9. The summed E-state index contributed by atoms with van der Waals surface area (Å²) in [5.41, 5.74) is 2.95. The normalized spacial score (nSPS) is 12.1. The van der Waals surface area contributed by atoms with Gasteiger partial charge in [-0.1, -0.05) is 30.3 Å². The number of hydrogen-bond donors (Lipinski definition) is 1. The van der Waals surface area contributed by atoms with Crippen LogP contribution in [-0.2, 0) is 14.8 Å². The molecule has 3 aromatic rings. The fraction of sp³-hybridized carbons (Fsp3) is 0.208. The topological polar surface area (TPSA) is 75.7 Å². The molecule has 0 aliphatic rings. The summed E-state index contributed by atoms with van der Waals surface area (Å²) >= 11 is 0. The summed E-state index contributed by atoms with van der Waals surface area (Å²) in [6, 6.07) is 20.7. The van der Waals surface area contributed by atoms with E-state index in [1.807, 2.05) is 62.4 Å². The maximum Gasteiger partial charge on any atom is 0.248 e. The molecule has 1 amide bonds. The van der Waals surface area contributed by atoms with Crippen molar-refractivity contribution < 1.29 is 17.9 Å². The Morgan fingerprint density at radius 1 is 0.935 bits per heavy atom. The van der Waals surface area contributed by atoms with Crippen molar-refractivity contribution in [2.75, 3.05) is 15.9 Å². The maximum absolute atomic E-state index is 12.9. The zero-order valence-electron chi connectivity index (χ0n) is 18.0. The van der Waals surface area contributed by atoms with Crippen LogP contribution in [0.3, 0.4) is 0 Å². The molecule has 0 heterocycles. The molecule has 6 nitrogen and oxygen atoms in total. The van der Waals surface area contributed by atoms with Gasteiger partial charge in [-0.2, -0.15) is 0 Å². The highest BCUT2D eigenvalue weighted by atomic mass is 32.2. The van der Waals surface area contributed by atoms with Crippen molar-refractivity contribution in [1.29, 1.82) is 0 Å². The number of nitrogens with zero attached hydrogens (tertiary/aromatic N) is 1. The van der Waals surface area contributed by atoms with E-state index in [9.17, 15) is 13.2 Å². The Bertz CT molecular complexity index is 1160. The van der Waals surface area contributed by atoms with Gasteiger partial charge in [-0.25, -0.2) is 8.42 Å². The minimum Gasteiger partial charge on any atom is -0.457 e. The minimum atomic E-state index is -3.71. The lowest BCUT2D eigenvalue weighted by Crippen LogP contribution is -2.45. The van der Waals surface area contributed by atoms with Gasteiger partial charge in [-0.05, 0) is 74.4 Å². The van der Waals surface area contributed by atoms with Gasteiger partial charge in [0, 0.05) is 5.69 Å². The van der Waals surface area contributed by atoms with E-state index < -0.39 is 22.0 Å². The largest absolute Gasteiger partial charge is 0.457 e. The molecule has 0 radical (unpaired) electrons. The SMILES string of the molecule is Cc1ccc(C)c(NC(=O)[C@@H](C)N(c2ccc(Oc3ccccc3)cc2)S(C)(=O)=O)c1. The molecule has 0 aliphatic carbocycles. The number of carbonyl (C=O) groups is 1. The molecule has 0 aromatic heterocycles. The van der Waals surface area contributed by atoms with E-state index in [0.717, 1.165) is 21.7 Å². The van der Waals surface area contributed by atoms with Crippen molar-refractivity contribution in [2.45, 2.75) is 26.8 Å². The number of nitrogens with one attached hydrogen (secondary N) is 1. The number of sulfonamides is 1. The van der Waals surface area contributed by atoms with Gasteiger partial charge >= 0.3 is 0 Å². The molecule has 0 aliphatic heterocycles. The average molecular weight is 439 g/mol. The van der Waals surface area contributed by atoms with Crippen LogP contribution in [0.5, 0.6) is 11.5 Å². The Kier molecular flexibility index (Phi) is 6.65. The minimum absolute atomic E-state index is 0.381. The first-order valence-electron chi connectivity index (χ1n) is 9.85. The summed E-state index contributed by atoms with van der Waals surface area (Å²) < 4.78 is 32.0. The highest BCUT2D eigenvalue weighted by molar-refractivity contribution is 7.92. The molecule has 0 bridgehead atoms. The van der Waals surface area contributed by atoms with Crippen molar-refractivity contribution >= 4 is 27.3 Å². The number of amides is 1. The van der Waals surface area contributed by atoms with E-state index in [4.69, 9.17) is 4.74 Å². The van der Waals surface area contributed by atoms with E-state index in [2.05, 4.69) is 5.32 Å². The quantitative estimate of drug-likeness (QED) is 0.570. The highest BCUT2D eigenvalue weighted by Crippen LogP contribution is 2.27. The Balaban J connectivity index is 1.82. The van der Waals surface area contributed by atoms with E-state index in [1.54, 1.807) is 31.2 Å². The predicted molar refractivity (Wildman–Crippen MR) is 124 cm³/mol. The van der Waals surface area contributed by atoms with Gasteiger partial charge in [0.05, 0.1) is 11.9 Å². The lowest BCUT2D eigenvalue weighted by molar-refractivity contribution is -0.116. The summed E-state index contributed by atoms with van der Waals surface area (Å²) in [5.74, 6) is 0.830. The van der Waals surface area contributed by atoms with Crippen LogP contribution in [0.1, 0.15) is 18.1 Å². The fourth-order valence-electron chi connectivity index (χ4n) is 3.20. The van der Waals surface area contributed by atoms with E-state index in [0.29, 0.717) is 22.9 Å². The molecule has 3 rings (SSSR count). The van der Waals surface area contributed by atoms with Gasteiger partial charge in [-0.3, -0.25) is 9.10 Å². The third kappa shape index (κ3) is 5.64. The third-order valence-electron chi connectivity index (χ3n) is 4.81. The third-order valence-corrected chi connectivity index (χ3v) is 6.05. The van der Waals surface area contributed by atoms with Crippen LogP contribution in [0.15, 0.2) is 72.8 Å². The van der Waals surface area contributed by atoms with Gasteiger partial charge in [0.1, 0.15) is 17.5 Å². The molecule has 31 heavy (non-hydrogen) atoms. The molecule has 0 saturated heterocycles. The number of hydrogen-bond acceptors (Lipinski definition) is 4. The number of ether oxygens (including phenoxy) is 1. The van der Waals surface area contributed by atoms with Gasteiger partial charge in [0.2, 0.25) is 15.9 Å². The molecular weight excluding hydrogens is 412 g/mol. The van der Waals surface area contributed by atoms with Crippen molar-refractivity contribution in [1.82, 2.24) is 0 Å². The summed E-state index contributed by atoms with van der Waals surface area (Å²) in [6.45, 7) is 5.38. The molecule has 0 spiro atoms. The van der Waals surface area contributed by atoms with Gasteiger partial charge in [0.25, 0.3) is 0 Å². The second kappa shape index (κ2) is 9.22. The van der Waals surface area contributed by atoms with Crippen molar-refractivity contribution in [3.63, 3.8) is 0 Å². The first-order chi connectivity index (χ1) is 14.6. The van der Waals surface area contributed by atoms with Crippen LogP contribution in [-0.4, -0.2) is 26.6 Å². The fourth-order valence-corrected chi connectivity index (χ4v) is 4.38. The van der Waals surface area contributed by atoms with Gasteiger partial charge < -0.3 is 10.1 Å². The smallest absolute Gasteiger partial charge is 0.248 e. The van der Waals surface area contributed by atoms with Crippen LogP contribution in [0.2, 0.25) is 0 Å². The van der Waals surface area contributed by atoms with Crippen molar-refractivity contribution in [2.24, 2.45) is 0 Å². The summed E-state index contributed by atoms with van der Waals surface area (Å²) in [4.78, 5) is 12.9. The standard InChI is InChI=1S/C24H26N2O4S/c1-17-10-11-18(2)23(16-17)25-24(27)19(3)26(31(4,28)29)20-12-14-22(15-13-20)30-21-8-6-5-7-9-21/h5-16,19H,1-4H3,(H,25,27)/t19-/m1/s1. The van der Waals surface area contributed by atoms with Crippen LogP contribution in [0.4, 0.5) is 11.4 Å². The lowest BCUT2D eigenvalue weighted by Gasteiger charge is -2.28. The Labute approximate surface area is 183 Å². The molecular formula is C24H26N2O4S. The van der Waals surface area contributed by atoms with E-state index >= 15 is 0 Å². The van der Waals surface area contributed by atoms with Crippen molar-refractivity contribution in [3.05, 3.63) is 83.9 Å². The Morgan fingerprint density at radius 2 is 1.55 bits per heavy atom. The summed E-state index contributed by atoms with van der Waals surface area (Å²) in [7, 11) is -3.71. The predicted octanol–water partition coefficient (Wildman–Crippen LogP) is 4.89. The number of benzene rings is 3. The molecule has 3 aromatic carbocycles. The number of para-hydroxylation sites is 1. The molecule has 162 valence electrons. The number of rotatable bonds is 7. The lowest BCUT2D eigenvalue weighted by atomic mass is 10.1. The van der Waals surface area contributed by atoms with E-state index in [-0.39, 0.29) is 0 Å². The molecule has 0 fully saturated rings. The van der Waals surface area contributed by atoms with Crippen LogP contribution >= 0.6 is 0 Å². The molecule has 1 N–H and O–H groups in total. The van der Waals surface area contributed by atoms with E-state index in [1.165, 1.54) is 0 Å². The summed E-state index contributed by atoms with van der Waals surface area (Å²) in [6.07, 6.45) is 1.09. The van der Waals surface area contributed by atoms with Gasteiger partial charge in [-0.15, -0.1) is 0 Å². The zero-order chi connectivity index (χ0) is 22.6. The molecule has 1 atom stereocenters. The first kappa shape index (κ1) is 22.4. The Hall–Kier alpha value is -3.32. The van der Waals surface area contributed by atoms with Gasteiger partial charge in [0.15, 0.2) is 0 Å². The van der Waals surface area contributed by atoms with Crippen LogP contribution in [0.25, 0.3) is 0 Å². The average Bonchev–Trinajstić information content (AvgIpc) is 2.72. The molecule has 7 heteroatoms. The molecule has 0 saturated carbocycles. The Morgan fingerprint density at radius 3 is 2.16 bits per heavy atom. The second-order valence-corrected chi connectivity index (χ2v) is 9.31. The monoisotopic (exact) mass is 438 g/mol. The summed E-state index contributed by atoms with van der Waals surface area (Å²) in [5, 5.41) is 2.85. The molecule has 0 unspecified atom stereocenters. The number of aryl methyl sites for hydroxylation is 2. The number of anilines is 2.